The predicted molar refractivity (Wildman–Crippen MR) is 124 cm³/mol. The Hall–Kier alpha value is -2.85. The Morgan fingerprint density at radius 2 is 1.20 bits per heavy atom. The molecule has 0 radical (unpaired) electrons. The Morgan fingerprint density at radius 3 is 1.63 bits per heavy atom. The van der Waals surface area contributed by atoms with Gasteiger partial charge in [-0.1, -0.05) is 23.7 Å². The van der Waals surface area contributed by atoms with Crippen molar-refractivity contribution in [3.05, 3.63) is 83.4 Å². The molecule has 0 saturated carbocycles. The molecule has 0 unspecified atom stereocenters. The van der Waals surface area contributed by atoms with Crippen molar-refractivity contribution in [3.63, 3.8) is 0 Å². The van der Waals surface area contributed by atoms with Gasteiger partial charge in [0.25, 0.3) is 0 Å². The Balaban J connectivity index is 1.58. The molecule has 1 aliphatic rings. The maximum atomic E-state index is 6.06. The summed E-state index contributed by atoms with van der Waals surface area (Å²) < 4.78 is 10.7. The SMILES string of the molecule is COc1ccc(N2CCN(c3ccc(OC)cc3)C2CCc2ccc(Cl)cc2)cc1. The highest BCUT2D eigenvalue weighted by Crippen LogP contribution is 2.32. The first-order valence-electron chi connectivity index (χ1n) is 10.2. The molecule has 0 aromatic heterocycles. The smallest absolute Gasteiger partial charge is 0.119 e. The Kier molecular flexibility index (Phi) is 6.34. The van der Waals surface area contributed by atoms with Crippen molar-refractivity contribution in [1.82, 2.24) is 0 Å². The largest absolute Gasteiger partial charge is 0.497 e. The van der Waals surface area contributed by atoms with E-state index in [0.717, 1.165) is 42.5 Å². The van der Waals surface area contributed by atoms with E-state index in [9.17, 15) is 0 Å². The van der Waals surface area contributed by atoms with Gasteiger partial charge in [-0.3, -0.25) is 0 Å². The first kappa shape index (κ1) is 20.4. The van der Waals surface area contributed by atoms with Crippen LogP contribution in [0.15, 0.2) is 72.8 Å². The summed E-state index contributed by atoms with van der Waals surface area (Å²) in [5.41, 5.74) is 3.73. The Morgan fingerprint density at radius 1 is 0.733 bits per heavy atom. The summed E-state index contributed by atoms with van der Waals surface area (Å²) in [7, 11) is 3.40. The van der Waals surface area contributed by atoms with E-state index in [4.69, 9.17) is 21.1 Å². The quantitative estimate of drug-likeness (QED) is 0.491. The van der Waals surface area contributed by atoms with Crippen LogP contribution in [0.4, 0.5) is 11.4 Å². The van der Waals surface area contributed by atoms with Gasteiger partial charge in [0.15, 0.2) is 0 Å². The summed E-state index contributed by atoms with van der Waals surface area (Å²) in [5.74, 6) is 1.75. The second-order valence-corrected chi connectivity index (χ2v) is 7.87. The molecule has 0 bridgehead atoms. The highest BCUT2D eigenvalue weighted by atomic mass is 35.5. The zero-order chi connectivity index (χ0) is 20.9. The van der Waals surface area contributed by atoms with Crippen molar-refractivity contribution in [1.29, 1.82) is 0 Å². The minimum Gasteiger partial charge on any atom is -0.497 e. The highest BCUT2D eigenvalue weighted by molar-refractivity contribution is 6.30. The first-order chi connectivity index (χ1) is 14.7. The van der Waals surface area contributed by atoms with Crippen molar-refractivity contribution in [3.8, 4) is 11.5 Å². The van der Waals surface area contributed by atoms with Gasteiger partial charge in [0.1, 0.15) is 17.7 Å². The summed E-state index contributed by atoms with van der Waals surface area (Å²) in [6.07, 6.45) is 2.27. The van der Waals surface area contributed by atoms with Gasteiger partial charge < -0.3 is 19.3 Å². The lowest BCUT2D eigenvalue weighted by molar-refractivity contribution is 0.414. The Labute approximate surface area is 183 Å². The molecule has 0 atom stereocenters. The van der Waals surface area contributed by atoms with Crippen LogP contribution in [-0.2, 0) is 6.42 Å². The third-order valence-corrected chi connectivity index (χ3v) is 5.97. The number of rotatable bonds is 7. The van der Waals surface area contributed by atoms with E-state index >= 15 is 0 Å². The third-order valence-electron chi connectivity index (χ3n) is 5.71. The summed E-state index contributed by atoms with van der Waals surface area (Å²) >= 11 is 6.06. The normalized spacial score (nSPS) is 14.2. The third kappa shape index (κ3) is 4.49. The first-order valence-corrected chi connectivity index (χ1v) is 10.6. The van der Waals surface area contributed by atoms with E-state index in [0.29, 0.717) is 0 Å². The van der Waals surface area contributed by atoms with Gasteiger partial charge in [-0.15, -0.1) is 0 Å². The van der Waals surface area contributed by atoms with Crippen LogP contribution >= 0.6 is 11.6 Å². The van der Waals surface area contributed by atoms with E-state index in [2.05, 4.69) is 46.2 Å². The average Bonchev–Trinajstić information content (AvgIpc) is 3.22. The van der Waals surface area contributed by atoms with E-state index in [1.807, 2.05) is 36.4 Å². The van der Waals surface area contributed by atoms with Crippen molar-refractivity contribution in [2.75, 3.05) is 37.1 Å². The molecule has 3 aromatic carbocycles. The molecule has 4 nitrogen and oxygen atoms in total. The second-order valence-electron chi connectivity index (χ2n) is 7.43. The number of anilines is 2. The molecule has 1 heterocycles. The van der Waals surface area contributed by atoms with E-state index in [1.165, 1.54) is 16.9 Å². The maximum absolute atomic E-state index is 6.06. The molecule has 3 aromatic rings. The molecule has 4 rings (SSSR count). The molecule has 156 valence electrons. The van der Waals surface area contributed by atoms with Gasteiger partial charge in [0.05, 0.1) is 14.2 Å². The Bertz CT molecular complexity index is 887. The van der Waals surface area contributed by atoms with Gasteiger partial charge >= 0.3 is 0 Å². The number of hydrogen-bond acceptors (Lipinski definition) is 4. The van der Waals surface area contributed by atoms with Gasteiger partial charge in [0, 0.05) is 29.5 Å². The molecule has 0 N–H and O–H groups in total. The van der Waals surface area contributed by atoms with E-state index < -0.39 is 0 Å². The van der Waals surface area contributed by atoms with Gasteiger partial charge in [-0.25, -0.2) is 0 Å². The lowest BCUT2D eigenvalue weighted by Crippen LogP contribution is -2.39. The summed E-state index contributed by atoms with van der Waals surface area (Å²) in [5, 5.41) is 0.777. The molecule has 0 aliphatic carbocycles. The summed E-state index contributed by atoms with van der Waals surface area (Å²) in [6.45, 7) is 1.95. The van der Waals surface area contributed by atoms with Crippen LogP contribution in [-0.4, -0.2) is 33.5 Å². The number of benzene rings is 3. The molecule has 0 spiro atoms. The van der Waals surface area contributed by atoms with Crippen molar-refractivity contribution < 1.29 is 9.47 Å². The topological polar surface area (TPSA) is 24.9 Å². The second kappa shape index (κ2) is 9.31. The van der Waals surface area contributed by atoms with Crippen molar-refractivity contribution >= 4 is 23.0 Å². The van der Waals surface area contributed by atoms with Crippen LogP contribution in [0.2, 0.25) is 5.02 Å². The molecule has 1 fully saturated rings. The van der Waals surface area contributed by atoms with Crippen LogP contribution < -0.4 is 19.3 Å². The van der Waals surface area contributed by atoms with Crippen molar-refractivity contribution in [2.45, 2.75) is 19.0 Å². The monoisotopic (exact) mass is 422 g/mol. The van der Waals surface area contributed by atoms with E-state index in [-0.39, 0.29) is 6.17 Å². The minimum absolute atomic E-state index is 0.266. The number of aryl methyl sites for hydroxylation is 1. The van der Waals surface area contributed by atoms with Crippen LogP contribution in [0, 0.1) is 0 Å². The number of ether oxygens (including phenoxy) is 2. The van der Waals surface area contributed by atoms with Crippen molar-refractivity contribution in [2.24, 2.45) is 0 Å². The zero-order valence-corrected chi connectivity index (χ0v) is 18.2. The van der Waals surface area contributed by atoms with E-state index in [1.54, 1.807) is 14.2 Å². The summed E-state index contributed by atoms with van der Waals surface area (Å²) in [6, 6.07) is 24.9. The highest BCUT2D eigenvalue weighted by Gasteiger charge is 2.32. The number of halogens is 1. The zero-order valence-electron chi connectivity index (χ0n) is 17.4. The minimum atomic E-state index is 0.266. The maximum Gasteiger partial charge on any atom is 0.119 e. The molecule has 0 amide bonds. The van der Waals surface area contributed by atoms with Gasteiger partial charge in [-0.05, 0) is 79.1 Å². The fourth-order valence-electron chi connectivity index (χ4n) is 4.09. The predicted octanol–water partition coefficient (Wildman–Crippen LogP) is 5.64. The molecule has 30 heavy (non-hydrogen) atoms. The lowest BCUT2D eigenvalue weighted by atomic mass is 10.1. The molecule has 1 saturated heterocycles. The van der Waals surface area contributed by atoms with Gasteiger partial charge in [0.2, 0.25) is 0 Å². The molecular formula is C25H27ClN2O2. The number of hydrogen-bond donors (Lipinski definition) is 0. The molecule has 5 heteroatoms. The van der Waals surface area contributed by atoms with Crippen LogP contribution in [0.25, 0.3) is 0 Å². The fraction of sp³-hybridized carbons (Fsp3) is 0.280. The number of nitrogens with zero attached hydrogens (tertiary/aromatic N) is 2. The average molecular weight is 423 g/mol. The van der Waals surface area contributed by atoms with Crippen LogP contribution in [0.5, 0.6) is 11.5 Å². The lowest BCUT2D eigenvalue weighted by Gasteiger charge is -2.33. The van der Waals surface area contributed by atoms with Crippen LogP contribution in [0.1, 0.15) is 12.0 Å². The van der Waals surface area contributed by atoms with Crippen LogP contribution in [0.3, 0.4) is 0 Å². The standard InChI is InChI=1S/C25H27ClN2O2/c1-29-23-12-8-21(9-13-23)27-17-18-28(22-10-14-24(30-2)15-11-22)25(27)16-5-19-3-6-20(26)7-4-19/h3-4,6-15,25H,5,16-18H2,1-2H3. The molecular weight excluding hydrogens is 396 g/mol. The summed E-state index contributed by atoms with van der Waals surface area (Å²) in [4.78, 5) is 4.97. The molecule has 1 aliphatic heterocycles. The van der Waals surface area contributed by atoms with Gasteiger partial charge in [-0.2, -0.15) is 0 Å². The fourth-order valence-corrected chi connectivity index (χ4v) is 4.22. The number of methoxy groups -OCH3 is 2.